The van der Waals surface area contributed by atoms with Gasteiger partial charge in [-0.1, -0.05) is 13.8 Å². The largest absolute Gasteiger partial charge is 0.480 e. The second-order valence-corrected chi connectivity index (χ2v) is 7.01. The molecule has 0 spiro atoms. The molecular weight excluding hydrogens is 388 g/mol. The van der Waals surface area contributed by atoms with Crippen molar-refractivity contribution in [2.45, 2.75) is 70.5 Å². The molecule has 6 atom stereocenters. The van der Waals surface area contributed by atoms with Crippen LogP contribution in [0, 0.1) is 5.92 Å². The van der Waals surface area contributed by atoms with Crippen LogP contribution < -0.4 is 22.9 Å². The van der Waals surface area contributed by atoms with E-state index in [4.69, 9.17) is 42.3 Å². The van der Waals surface area contributed by atoms with E-state index in [1.54, 1.807) is 13.8 Å². The third kappa shape index (κ3) is 9.17. The van der Waals surface area contributed by atoms with Crippen molar-refractivity contribution in [3.63, 3.8) is 0 Å². The molecule has 0 saturated carbocycles. The molecular formula is C17H32N4O8. The highest BCUT2D eigenvalue weighted by molar-refractivity contribution is 5.79. The Morgan fingerprint density at radius 2 is 1.24 bits per heavy atom. The number of carbonyl (C=O) groups excluding carboxylic acids is 3. The van der Waals surface area contributed by atoms with Crippen LogP contribution in [-0.2, 0) is 33.4 Å². The first-order chi connectivity index (χ1) is 13.3. The molecule has 168 valence electrons. The van der Waals surface area contributed by atoms with Gasteiger partial charge in [-0.15, -0.1) is 0 Å². The van der Waals surface area contributed by atoms with E-state index in [-0.39, 0.29) is 18.9 Å². The van der Waals surface area contributed by atoms with Gasteiger partial charge in [0.1, 0.15) is 36.4 Å². The van der Waals surface area contributed by atoms with Gasteiger partial charge >= 0.3 is 23.9 Å². The number of ether oxygens (including phenoxy) is 3. The Balaban J connectivity index is 4.40. The Morgan fingerprint density at radius 3 is 1.72 bits per heavy atom. The van der Waals surface area contributed by atoms with Crippen molar-refractivity contribution in [2.24, 2.45) is 28.9 Å². The summed E-state index contributed by atoms with van der Waals surface area (Å²) in [6.07, 6.45) is -2.16. The van der Waals surface area contributed by atoms with Gasteiger partial charge in [-0.3, -0.25) is 19.2 Å². The molecule has 0 aliphatic carbocycles. The van der Waals surface area contributed by atoms with Gasteiger partial charge in [-0.05, 0) is 19.8 Å². The lowest BCUT2D eigenvalue weighted by Gasteiger charge is -2.22. The molecule has 12 heteroatoms. The summed E-state index contributed by atoms with van der Waals surface area (Å²) >= 11 is 0. The first kappa shape index (κ1) is 26.7. The van der Waals surface area contributed by atoms with Crippen molar-refractivity contribution in [1.29, 1.82) is 0 Å². The fraction of sp³-hybridized carbons (Fsp3) is 0.765. The fourth-order valence-electron chi connectivity index (χ4n) is 1.84. The van der Waals surface area contributed by atoms with Crippen molar-refractivity contribution in [1.82, 2.24) is 0 Å². The molecule has 0 aliphatic rings. The van der Waals surface area contributed by atoms with Crippen LogP contribution in [0.3, 0.4) is 0 Å². The van der Waals surface area contributed by atoms with Crippen molar-refractivity contribution in [3.05, 3.63) is 0 Å². The van der Waals surface area contributed by atoms with Crippen molar-refractivity contribution >= 4 is 23.9 Å². The van der Waals surface area contributed by atoms with Crippen LogP contribution in [0.1, 0.15) is 34.1 Å². The van der Waals surface area contributed by atoms with Crippen LogP contribution in [0.25, 0.3) is 0 Å². The van der Waals surface area contributed by atoms with Crippen molar-refractivity contribution in [2.75, 3.05) is 6.61 Å². The lowest BCUT2D eigenvalue weighted by Crippen LogP contribution is -2.47. The van der Waals surface area contributed by atoms with Gasteiger partial charge in [-0.2, -0.15) is 0 Å². The molecule has 0 fully saturated rings. The zero-order valence-electron chi connectivity index (χ0n) is 17.1. The molecule has 0 aromatic heterocycles. The van der Waals surface area contributed by atoms with Crippen LogP contribution in [0.2, 0.25) is 0 Å². The number of hydrogen-bond donors (Lipinski definition) is 5. The van der Waals surface area contributed by atoms with Crippen molar-refractivity contribution in [3.8, 4) is 0 Å². The van der Waals surface area contributed by atoms with Gasteiger partial charge in [0.25, 0.3) is 0 Å². The van der Waals surface area contributed by atoms with Crippen LogP contribution >= 0.6 is 0 Å². The van der Waals surface area contributed by atoms with E-state index in [1.165, 1.54) is 13.8 Å². The minimum Gasteiger partial charge on any atom is -0.480 e. The van der Waals surface area contributed by atoms with Gasteiger partial charge in [0.15, 0.2) is 0 Å². The van der Waals surface area contributed by atoms with Gasteiger partial charge < -0.3 is 42.3 Å². The van der Waals surface area contributed by atoms with Gasteiger partial charge in [0.2, 0.25) is 0 Å². The van der Waals surface area contributed by atoms with E-state index >= 15 is 0 Å². The minimum atomic E-state index is -1.39. The summed E-state index contributed by atoms with van der Waals surface area (Å²) in [6.45, 7) is 5.97. The maximum Gasteiger partial charge on any atom is 0.326 e. The molecule has 0 aromatic rings. The Labute approximate surface area is 169 Å². The highest BCUT2D eigenvalue weighted by Gasteiger charge is 2.29. The summed E-state index contributed by atoms with van der Waals surface area (Å²) in [5, 5.41) is 8.76. The second-order valence-electron chi connectivity index (χ2n) is 7.01. The van der Waals surface area contributed by atoms with E-state index in [0.717, 1.165) is 0 Å². The molecule has 0 rings (SSSR count). The predicted octanol–water partition coefficient (Wildman–Crippen LogP) is -2.17. The molecule has 0 saturated heterocycles. The van der Waals surface area contributed by atoms with Crippen LogP contribution in [-0.4, -0.2) is 72.0 Å². The summed E-state index contributed by atoms with van der Waals surface area (Å²) in [6, 6.07) is -4.66. The van der Waals surface area contributed by atoms with Crippen LogP contribution in [0.4, 0.5) is 0 Å². The minimum absolute atomic E-state index is 0.0985. The Bertz CT molecular complexity index is 586. The third-order valence-electron chi connectivity index (χ3n) is 4.14. The zero-order chi connectivity index (χ0) is 22.9. The average Bonchev–Trinajstić information content (AvgIpc) is 2.64. The van der Waals surface area contributed by atoms with Gasteiger partial charge in [-0.25, -0.2) is 0 Å². The first-order valence-electron chi connectivity index (χ1n) is 9.12. The molecule has 0 bridgehead atoms. The first-order valence-corrected chi connectivity index (χ1v) is 9.12. The lowest BCUT2D eigenvalue weighted by atomic mass is 10.1. The van der Waals surface area contributed by atoms with E-state index in [1.807, 2.05) is 0 Å². The number of hydrogen-bond acceptors (Lipinski definition) is 11. The van der Waals surface area contributed by atoms with Crippen LogP contribution in [0.5, 0.6) is 0 Å². The summed E-state index contributed by atoms with van der Waals surface area (Å²) in [5.74, 6) is -3.91. The average molecular weight is 420 g/mol. The molecule has 0 unspecified atom stereocenters. The Morgan fingerprint density at radius 1 is 0.759 bits per heavy atom. The van der Waals surface area contributed by atoms with E-state index in [0.29, 0.717) is 0 Å². The summed E-state index contributed by atoms with van der Waals surface area (Å²) in [7, 11) is 0. The maximum absolute atomic E-state index is 12.0. The number of aliphatic carboxylic acids is 1. The van der Waals surface area contributed by atoms with Crippen LogP contribution in [0.15, 0.2) is 0 Å². The Hall–Kier alpha value is -2.28. The summed E-state index contributed by atoms with van der Waals surface area (Å²) in [5.41, 5.74) is 22.3. The van der Waals surface area contributed by atoms with E-state index in [2.05, 4.69) is 0 Å². The van der Waals surface area contributed by atoms with Gasteiger partial charge in [0.05, 0.1) is 6.61 Å². The maximum atomic E-state index is 12.0. The quantitative estimate of drug-likeness (QED) is 0.168. The highest BCUT2D eigenvalue weighted by atomic mass is 16.6. The molecule has 29 heavy (non-hydrogen) atoms. The van der Waals surface area contributed by atoms with E-state index in [9.17, 15) is 19.2 Å². The van der Waals surface area contributed by atoms with Crippen molar-refractivity contribution < 1.29 is 38.5 Å². The summed E-state index contributed by atoms with van der Waals surface area (Å²) in [4.78, 5) is 46.3. The zero-order valence-corrected chi connectivity index (χ0v) is 17.1. The topological polar surface area (TPSA) is 220 Å². The van der Waals surface area contributed by atoms with Gasteiger partial charge in [0, 0.05) is 6.42 Å². The molecule has 0 aromatic carbocycles. The highest BCUT2D eigenvalue weighted by Crippen LogP contribution is 2.07. The second kappa shape index (κ2) is 12.3. The standard InChI is InChI=1S/C17H32N4O8/c1-7(2)11(19)17(26)29-9(4)13(21)16(25)27-6-5-10(18)15(24)28-8(3)12(20)14(22)23/h7-13H,5-6,18-21H2,1-4H3,(H,22,23)/t8-,9-,10+,11-,12+,13+/m1/s1. The monoisotopic (exact) mass is 420 g/mol. The smallest absolute Gasteiger partial charge is 0.326 e. The number of esters is 3. The SMILES string of the molecule is CC(C)[C@@H](N)C(=O)O[C@H](C)[C@H](N)C(=O)OCC[C@H](N)C(=O)O[C@H](C)[C@H](N)C(=O)O. The molecule has 0 radical (unpaired) electrons. The molecule has 0 amide bonds. The molecule has 0 aliphatic heterocycles. The molecule has 0 heterocycles. The van der Waals surface area contributed by atoms with E-state index < -0.39 is 60.3 Å². The number of carboxylic acid groups (broad SMARTS) is 1. The number of nitrogens with two attached hydrogens (primary N) is 4. The Kier molecular flexibility index (Phi) is 11.3. The molecule has 9 N–H and O–H groups in total. The number of carboxylic acids is 1. The third-order valence-corrected chi connectivity index (χ3v) is 4.14. The summed E-state index contributed by atoms with van der Waals surface area (Å²) < 4.78 is 14.9. The molecule has 12 nitrogen and oxygen atoms in total. The number of rotatable bonds is 12. The predicted molar refractivity (Wildman–Crippen MR) is 101 cm³/mol. The lowest BCUT2D eigenvalue weighted by molar-refractivity contribution is -0.160. The number of carbonyl (C=O) groups is 4. The fourth-order valence-corrected chi connectivity index (χ4v) is 1.84. The normalized spacial score (nSPS) is 17.4.